The molecule has 1 aromatic rings. The summed E-state index contributed by atoms with van der Waals surface area (Å²) in [7, 11) is 1.69. The van der Waals surface area contributed by atoms with Crippen molar-refractivity contribution in [1.29, 1.82) is 0 Å². The topological polar surface area (TPSA) is 58.6 Å². The molecule has 5 unspecified atom stereocenters. The summed E-state index contributed by atoms with van der Waals surface area (Å²) >= 11 is 0. The maximum absolute atomic E-state index is 11.6. The van der Waals surface area contributed by atoms with Gasteiger partial charge in [-0.05, 0) is 36.7 Å². The molecule has 0 radical (unpaired) electrons. The Labute approximate surface area is 125 Å². The average Bonchev–Trinajstić information content (AvgIpc) is 3.08. The second kappa shape index (κ2) is 6.16. The fourth-order valence-electron chi connectivity index (χ4n) is 4.21. The highest BCUT2D eigenvalue weighted by Gasteiger charge is 2.51. The highest BCUT2D eigenvalue weighted by molar-refractivity contribution is 5.72. The van der Waals surface area contributed by atoms with Crippen LogP contribution >= 0.6 is 0 Å². The number of aliphatic carboxylic acids is 1. The molecular weight excluding hydrogens is 266 g/mol. The van der Waals surface area contributed by atoms with Crippen LogP contribution in [0.4, 0.5) is 0 Å². The van der Waals surface area contributed by atoms with Gasteiger partial charge in [-0.15, -0.1) is 0 Å². The Hall–Kier alpha value is -1.39. The van der Waals surface area contributed by atoms with Gasteiger partial charge in [0.05, 0.1) is 18.6 Å². The van der Waals surface area contributed by atoms with E-state index < -0.39 is 5.97 Å². The molecule has 4 nitrogen and oxygen atoms in total. The van der Waals surface area contributed by atoms with Crippen LogP contribution in [0.3, 0.4) is 0 Å². The molecule has 1 aromatic carbocycles. The van der Waals surface area contributed by atoms with Gasteiger partial charge in [-0.1, -0.05) is 30.3 Å². The molecule has 0 heterocycles. The number of carbonyl (C=O) groups is 1. The van der Waals surface area contributed by atoms with E-state index in [1.165, 1.54) is 0 Å². The fourth-order valence-corrected chi connectivity index (χ4v) is 4.21. The molecule has 0 aromatic heterocycles. The normalized spacial score (nSPS) is 32.2. The molecule has 2 bridgehead atoms. The lowest BCUT2D eigenvalue weighted by Gasteiger charge is -2.32. The van der Waals surface area contributed by atoms with E-state index in [2.05, 4.69) is 17.4 Å². The number of carboxylic acid groups (broad SMARTS) is 1. The van der Waals surface area contributed by atoms with Crippen LogP contribution in [0.5, 0.6) is 0 Å². The Bertz CT molecular complexity index is 490. The van der Waals surface area contributed by atoms with Crippen molar-refractivity contribution in [3.8, 4) is 0 Å². The van der Waals surface area contributed by atoms with Gasteiger partial charge in [0.2, 0.25) is 0 Å². The zero-order valence-corrected chi connectivity index (χ0v) is 12.4. The molecule has 2 fully saturated rings. The van der Waals surface area contributed by atoms with E-state index in [1.807, 2.05) is 18.2 Å². The minimum Gasteiger partial charge on any atom is -0.481 e. The number of carboxylic acids is 1. The largest absolute Gasteiger partial charge is 0.481 e. The average molecular weight is 289 g/mol. The molecule has 5 atom stereocenters. The molecule has 2 aliphatic rings. The summed E-state index contributed by atoms with van der Waals surface area (Å²) in [4.78, 5) is 11.6. The molecule has 2 N–H and O–H groups in total. The number of methoxy groups -OCH3 is 1. The first kappa shape index (κ1) is 14.5. The van der Waals surface area contributed by atoms with Crippen molar-refractivity contribution in [2.75, 3.05) is 13.7 Å². The van der Waals surface area contributed by atoms with E-state index in [-0.39, 0.29) is 18.0 Å². The molecule has 21 heavy (non-hydrogen) atoms. The maximum Gasteiger partial charge on any atom is 0.308 e. The second-order valence-corrected chi connectivity index (χ2v) is 6.31. The summed E-state index contributed by atoms with van der Waals surface area (Å²) in [6.07, 6.45) is 3.28. The zero-order valence-electron chi connectivity index (χ0n) is 12.4. The Kier molecular flexibility index (Phi) is 4.27. The lowest BCUT2D eigenvalue weighted by atomic mass is 9.84. The van der Waals surface area contributed by atoms with E-state index in [9.17, 15) is 9.90 Å². The van der Waals surface area contributed by atoms with Gasteiger partial charge in [0.1, 0.15) is 0 Å². The third-order valence-corrected chi connectivity index (χ3v) is 5.13. The summed E-state index contributed by atoms with van der Waals surface area (Å²) in [6.45, 7) is 0.560. The van der Waals surface area contributed by atoms with E-state index >= 15 is 0 Å². The summed E-state index contributed by atoms with van der Waals surface area (Å²) in [6, 6.07) is 10.3. The summed E-state index contributed by atoms with van der Waals surface area (Å²) < 4.78 is 5.33. The third kappa shape index (κ3) is 2.83. The number of nitrogens with one attached hydrogen (secondary N) is 1. The van der Waals surface area contributed by atoms with Crippen LogP contribution in [0.1, 0.15) is 30.9 Å². The standard InChI is InChI=1S/C17H23NO3/c1-21-10-14(11-5-3-2-4-6-11)18-16-13-8-7-12(9-13)15(16)17(19)20/h2-6,12-16,18H,7-10H2,1H3,(H,19,20). The van der Waals surface area contributed by atoms with Crippen LogP contribution in [0, 0.1) is 17.8 Å². The SMILES string of the molecule is COCC(NC1C2CCC(C2)C1C(=O)O)c1ccccc1. The Balaban J connectivity index is 1.77. The maximum atomic E-state index is 11.6. The van der Waals surface area contributed by atoms with Crippen LogP contribution < -0.4 is 5.32 Å². The fraction of sp³-hybridized carbons (Fsp3) is 0.588. The second-order valence-electron chi connectivity index (χ2n) is 6.31. The number of hydrogen-bond acceptors (Lipinski definition) is 3. The molecule has 2 aliphatic carbocycles. The lowest BCUT2D eigenvalue weighted by molar-refractivity contribution is -0.144. The lowest BCUT2D eigenvalue weighted by Crippen LogP contribution is -2.46. The monoisotopic (exact) mass is 289 g/mol. The number of ether oxygens (including phenoxy) is 1. The first-order chi connectivity index (χ1) is 10.2. The van der Waals surface area contributed by atoms with Crippen molar-refractivity contribution >= 4 is 5.97 Å². The van der Waals surface area contributed by atoms with Crippen molar-refractivity contribution in [3.63, 3.8) is 0 Å². The Morgan fingerprint density at radius 2 is 2.05 bits per heavy atom. The van der Waals surface area contributed by atoms with Crippen LogP contribution in [-0.2, 0) is 9.53 Å². The molecule has 0 aliphatic heterocycles. The molecule has 3 rings (SSSR count). The van der Waals surface area contributed by atoms with Crippen molar-refractivity contribution in [1.82, 2.24) is 5.32 Å². The highest BCUT2D eigenvalue weighted by atomic mass is 16.5. The van der Waals surface area contributed by atoms with Gasteiger partial charge in [-0.2, -0.15) is 0 Å². The van der Waals surface area contributed by atoms with E-state index in [0.717, 1.165) is 24.8 Å². The predicted octanol–water partition coefficient (Wildman–Crippen LogP) is 2.46. The summed E-state index contributed by atoms with van der Waals surface area (Å²) in [5, 5.41) is 13.1. The summed E-state index contributed by atoms with van der Waals surface area (Å²) in [5.74, 6) is -0.0427. The van der Waals surface area contributed by atoms with Gasteiger partial charge in [0.25, 0.3) is 0 Å². The Morgan fingerprint density at radius 3 is 2.71 bits per heavy atom. The van der Waals surface area contributed by atoms with Crippen LogP contribution in [0.15, 0.2) is 30.3 Å². The molecule has 114 valence electrons. The van der Waals surface area contributed by atoms with Crippen molar-refractivity contribution < 1.29 is 14.6 Å². The van der Waals surface area contributed by atoms with E-state index in [4.69, 9.17) is 4.74 Å². The molecule has 4 heteroatoms. The molecule has 0 amide bonds. The zero-order chi connectivity index (χ0) is 14.8. The quantitative estimate of drug-likeness (QED) is 0.844. The minimum absolute atomic E-state index is 0.0578. The molecule has 0 saturated heterocycles. The third-order valence-electron chi connectivity index (χ3n) is 5.13. The number of fused-ring (bicyclic) bond motifs is 2. The Morgan fingerprint density at radius 1 is 1.33 bits per heavy atom. The molecule has 0 spiro atoms. The van der Waals surface area contributed by atoms with Crippen molar-refractivity contribution in [2.45, 2.75) is 31.3 Å². The number of rotatable bonds is 6. The van der Waals surface area contributed by atoms with Gasteiger partial charge in [-0.3, -0.25) is 4.79 Å². The summed E-state index contributed by atoms with van der Waals surface area (Å²) in [5.41, 5.74) is 1.16. The first-order valence-corrected chi connectivity index (χ1v) is 7.73. The first-order valence-electron chi connectivity index (χ1n) is 7.73. The van der Waals surface area contributed by atoms with Crippen LogP contribution in [-0.4, -0.2) is 30.8 Å². The smallest absolute Gasteiger partial charge is 0.308 e. The number of hydrogen-bond donors (Lipinski definition) is 2. The minimum atomic E-state index is -0.649. The van der Waals surface area contributed by atoms with Gasteiger partial charge in [0.15, 0.2) is 0 Å². The van der Waals surface area contributed by atoms with Gasteiger partial charge >= 0.3 is 5.97 Å². The molecular formula is C17H23NO3. The number of benzene rings is 1. The van der Waals surface area contributed by atoms with Crippen LogP contribution in [0.2, 0.25) is 0 Å². The molecule has 2 saturated carbocycles. The van der Waals surface area contributed by atoms with Gasteiger partial charge in [0, 0.05) is 13.2 Å². The van der Waals surface area contributed by atoms with Gasteiger partial charge in [-0.25, -0.2) is 0 Å². The van der Waals surface area contributed by atoms with Crippen LogP contribution in [0.25, 0.3) is 0 Å². The highest BCUT2D eigenvalue weighted by Crippen LogP contribution is 2.49. The van der Waals surface area contributed by atoms with Crippen molar-refractivity contribution in [2.24, 2.45) is 17.8 Å². The van der Waals surface area contributed by atoms with Crippen molar-refractivity contribution in [3.05, 3.63) is 35.9 Å². The van der Waals surface area contributed by atoms with E-state index in [0.29, 0.717) is 18.4 Å². The van der Waals surface area contributed by atoms with E-state index in [1.54, 1.807) is 7.11 Å². The predicted molar refractivity (Wildman–Crippen MR) is 79.9 cm³/mol. The van der Waals surface area contributed by atoms with Gasteiger partial charge < -0.3 is 15.2 Å².